The summed E-state index contributed by atoms with van der Waals surface area (Å²) in [5.74, 6) is 1.72. The Labute approximate surface area is 182 Å². The summed E-state index contributed by atoms with van der Waals surface area (Å²) in [6.45, 7) is 5.47. The van der Waals surface area contributed by atoms with Crippen LogP contribution in [-0.4, -0.2) is 39.6 Å². The summed E-state index contributed by atoms with van der Waals surface area (Å²) in [7, 11) is 0. The maximum atomic E-state index is 12.5. The van der Waals surface area contributed by atoms with Gasteiger partial charge in [-0.05, 0) is 43.4 Å². The lowest BCUT2D eigenvalue weighted by Gasteiger charge is -2.16. The van der Waals surface area contributed by atoms with Crippen LogP contribution in [-0.2, 0) is 11.3 Å². The molecule has 3 atom stereocenters. The van der Waals surface area contributed by atoms with E-state index >= 15 is 0 Å². The van der Waals surface area contributed by atoms with Gasteiger partial charge in [0.05, 0.1) is 23.3 Å². The van der Waals surface area contributed by atoms with Crippen LogP contribution in [0.3, 0.4) is 0 Å². The standard InChI is InChI=1S/C23H32N4O2S/c1-15(2)10-12-27-13-11-16-17(6-5-7-19(16)27)24-21(28)9-4-3-8-20-22-18(14-30-20)25-23(29)26-22/h5-7,11,13,15,18,20,22H,3-4,8-10,12,14H2,1-2H3,(H,24,28)(H2,25,26,29)/t18-,20-,22-/m0/s1. The minimum Gasteiger partial charge on any atom is -0.347 e. The smallest absolute Gasteiger partial charge is 0.315 e. The molecule has 3 N–H and O–H groups in total. The molecule has 4 rings (SSSR count). The van der Waals surface area contributed by atoms with Gasteiger partial charge in [0, 0.05) is 35.6 Å². The quantitative estimate of drug-likeness (QED) is 0.410. The van der Waals surface area contributed by atoms with Crippen molar-refractivity contribution in [2.75, 3.05) is 11.1 Å². The molecule has 2 aliphatic rings. The van der Waals surface area contributed by atoms with Crippen LogP contribution in [0.4, 0.5) is 10.5 Å². The van der Waals surface area contributed by atoms with Crippen LogP contribution < -0.4 is 16.0 Å². The van der Waals surface area contributed by atoms with E-state index < -0.39 is 0 Å². The van der Waals surface area contributed by atoms with E-state index in [4.69, 9.17) is 0 Å². The zero-order chi connectivity index (χ0) is 21.1. The van der Waals surface area contributed by atoms with E-state index in [1.807, 2.05) is 23.9 Å². The van der Waals surface area contributed by atoms with Gasteiger partial charge in [-0.3, -0.25) is 4.79 Å². The number of aryl methyl sites for hydroxylation is 1. The summed E-state index contributed by atoms with van der Waals surface area (Å²) in [5.41, 5.74) is 2.07. The second kappa shape index (κ2) is 9.33. The molecule has 2 saturated heterocycles. The summed E-state index contributed by atoms with van der Waals surface area (Å²) in [6, 6.07) is 8.69. The number of anilines is 1. The molecule has 0 unspecified atom stereocenters. The Kier molecular flexibility index (Phi) is 6.56. The van der Waals surface area contributed by atoms with Gasteiger partial charge >= 0.3 is 6.03 Å². The van der Waals surface area contributed by atoms with Gasteiger partial charge in [-0.25, -0.2) is 4.79 Å². The number of fused-ring (bicyclic) bond motifs is 2. The molecule has 0 saturated carbocycles. The zero-order valence-electron chi connectivity index (χ0n) is 17.8. The van der Waals surface area contributed by atoms with Gasteiger partial charge < -0.3 is 20.5 Å². The number of aromatic nitrogens is 1. The fourth-order valence-corrected chi connectivity index (χ4v) is 5.96. The second-order valence-electron chi connectivity index (χ2n) is 8.85. The third-order valence-electron chi connectivity index (χ3n) is 6.12. The molecule has 0 radical (unpaired) electrons. The Bertz CT molecular complexity index is 910. The van der Waals surface area contributed by atoms with Gasteiger partial charge in [-0.2, -0.15) is 11.8 Å². The number of carbonyl (C=O) groups excluding carboxylic acids is 2. The molecule has 1 aromatic carbocycles. The van der Waals surface area contributed by atoms with E-state index in [1.54, 1.807) is 0 Å². The number of amides is 3. The third-order valence-corrected chi connectivity index (χ3v) is 7.62. The molecule has 2 fully saturated rings. The third kappa shape index (κ3) is 4.77. The van der Waals surface area contributed by atoms with Crippen molar-refractivity contribution in [1.82, 2.24) is 15.2 Å². The minimum atomic E-state index is -0.0399. The number of urea groups is 1. The van der Waals surface area contributed by atoms with Crippen LogP contribution in [0, 0.1) is 5.92 Å². The van der Waals surface area contributed by atoms with Crippen LogP contribution in [0.5, 0.6) is 0 Å². The summed E-state index contributed by atoms with van der Waals surface area (Å²) in [4.78, 5) is 24.0. The summed E-state index contributed by atoms with van der Waals surface area (Å²) < 4.78 is 2.27. The largest absolute Gasteiger partial charge is 0.347 e. The van der Waals surface area contributed by atoms with Crippen LogP contribution in [0.15, 0.2) is 30.5 Å². The fraction of sp³-hybridized carbons (Fsp3) is 0.565. The molecule has 2 aromatic rings. The molecular weight excluding hydrogens is 396 g/mol. The number of thioether (sulfide) groups is 1. The zero-order valence-corrected chi connectivity index (χ0v) is 18.6. The van der Waals surface area contributed by atoms with Crippen molar-refractivity contribution in [1.29, 1.82) is 0 Å². The van der Waals surface area contributed by atoms with E-state index in [-0.39, 0.29) is 24.0 Å². The van der Waals surface area contributed by atoms with Crippen molar-refractivity contribution in [2.24, 2.45) is 5.92 Å². The Morgan fingerprint density at radius 1 is 1.27 bits per heavy atom. The van der Waals surface area contributed by atoms with Gasteiger partial charge in [-0.15, -0.1) is 0 Å². The van der Waals surface area contributed by atoms with Gasteiger partial charge in [0.1, 0.15) is 0 Å². The first-order chi connectivity index (χ1) is 14.5. The summed E-state index contributed by atoms with van der Waals surface area (Å²) in [6.07, 6.45) is 6.69. The van der Waals surface area contributed by atoms with Crippen molar-refractivity contribution in [2.45, 2.75) is 69.8 Å². The predicted octanol–water partition coefficient (Wildman–Crippen LogP) is 4.35. The molecule has 0 aliphatic carbocycles. The number of carbonyl (C=O) groups is 2. The Hall–Kier alpha value is -2.15. The summed E-state index contributed by atoms with van der Waals surface area (Å²) in [5, 5.41) is 10.7. The maximum absolute atomic E-state index is 12.5. The number of unbranched alkanes of at least 4 members (excludes halogenated alkanes) is 1. The molecule has 1 aromatic heterocycles. The average molecular weight is 429 g/mol. The highest BCUT2D eigenvalue weighted by atomic mass is 32.2. The first-order valence-electron chi connectivity index (χ1n) is 11.1. The molecule has 30 heavy (non-hydrogen) atoms. The van der Waals surface area contributed by atoms with Gasteiger partial charge in [0.15, 0.2) is 0 Å². The molecule has 7 heteroatoms. The molecule has 0 bridgehead atoms. The van der Waals surface area contributed by atoms with Crippen LogP contribution in [0.1, 0.15) is 46.0 Å². The van der Waals surface area contributed by atoms with Crippen molar-refractivity contribution in [3.05, 3.63) is 30.5 Å². The molecule has 3 heterocycles. The van der Waals surface area contributed by atoms with E-state index in [2.05, 4.69) is 52.7 Å². The number of benzene rings is 1. The lowest BCUT2D eigenvalue weighted by atomic mass is 10.0. The van der Waals surface area contributed by atoms with Gasteiger partial charge in [0.2, 0.25) is 5.91 Å². The van der Waals surface area contributed by atoms with E-state index in [0.29, 0.717) is 17.6 Å². The maximum Gasteiger partial charge on any atom is 0.315 e. The summed E-state index contributed by atoms with van der Waals surface area (Å²) >= 11 is 1.93. The second-order valence-corrected chi connectivity index (χ2v) is 10.1. The van der Waals surface area contributed by atoms with E-state index in [9.17, 15) is 9.59 Å². The van der Waals surface area contributed by atoms with Crippen molar-refractivity contribution in [3.63, 3.8) is 0 Å². The van der Waals surface area contributed by atoms with Crippen molar-refractivity contribution < 1.29 is 9.59 Å². The lowest BCUT2D eigenvalue weighted by Crippen LogP contribution is -2.36. The number of nitrogens with one attached hydrogen (secondary N) is 3. The Morgan fingerprint density at radius 2 is 2.13 bits per heavy atom. The number of rotatable bonds is 9. The normalized spacial score (nSPS) is 22.9. The van der Waals surface area contributed by atoms with Crippen LogP contribution >= 0.6 is 11.8 Å². The first-order valence-corrected chi connectivity index (χ1v) is 12.1. The van der Waals surface area contributed by atoms with E-state index in [1.165, 1.54) is 5.52 Å². The molecule has 3 amide bonds. The molecule has 6 nitrogen and oxygen atoms in total. The first kappa shape index (κ1) is 21.1. The molecule has 0 spiro atoms. The number of hydrogen-bond acceptors (Lipinski definition) is 3. The lowest BCUT2D eigenvalue weighted by molar-refractivity contribution is -0.116. The van der Waals surface area contributed by atoms with Crippen molar-refractivity contribution >= 4 is 40.3 Å². The Morgan fingerprint density at radius 3 is 2.97 bits per heavy atom. The van der Waals surface area contributed by atoms with Crippen LogP contribution in [0.25, 0.3) is 10.9 Å². The van der Waals surface area contributed by atoms with Crippen molar-refractivity contribution in [3.8, 4) is 0 Å². The molecule has 2 aliphatic heterocycles. The molecular formula is C23H32N4O2S. The predicted molar refractivity (Wildman–Crippen MR) is 124 cm³/mol. The number of hydrogen-bond donors (Lipinski definition) is 3. The highest BCUT2D eigenvalue weighted by Crippen LogP contribution is 2.33. The van der Waals surface area contributed by atoms with E-state index in [0.717, 1.165) is 49.1 Å². The van der Waals surface area contributed by atoms with Gasteiger partial charge in [0.25, 0.3) is 0 Å². The number of nitrogens with zero attached hydrogens (tertiary/aromatic N) is 1. The SMILES string of the molecule is CC(C)CCn1ccc2c(NC(=O)CCCC[C@@H]3SC[C@@H]4NC(=O)N[C@@H]43)cccc21. The Balaban J connectivity index is 1.25. The van der Waals surface area contributed by atoms with Gasteiger partial charge in [-0.1, -0.05) is 26.3 Å². The average Bonchev–Trinajstić information content (AvgIpc) is 3.38. The highest BCUT2D eigenvalue weighted by Gasteiger charge is 2.42. The topological polar surface area (TPSA) is 75.2 Å². The minimum absolute atomic E-state index is 0.0399. The molecule has 162 valence electrons. The fourth-order valence-electron chi connectivity index (χ4n) is 4.41. The highest BCUT2D eigenvalue weighted by molar-refractivity contribution is 8.00. The van der Waals surface area contributed by atoms with Crippen LogP contribution in [0.2, 0.25) is 0 Å². The monoisotopic (exact) mass is 428 g/mol.